The monoisotopic (exact) mass is 296 g/mol. The van der Waals surface area contributed by atoms with Gasteiger partial charge in [-0.15, -0.1) is 0 Å². The van der Waals surface area contributed by atoms with Crippen molar-refractivity contribution >= 4 is 0 Å². The SMILES string of the molecule is NC1CCc2oc(Cc3cccc(C(F)(F)F)c3)nc2C1. The Kier molecular flexibility index (Phi) is 3.49. The summed E-state index contributed by atoms with van der Waals surface area (Å²) in [5.41, 5.74) is 6.60. The van der Waals surface area contributed by atoms with Gasteiger partial charge in [-0.25, -0.2) is 4.98 Å². The van der Waals surface area contributed by atoms with Crippen LogP contribution in [-0.4, -0.2) is 11.0 Å². The number of aromatic nitrogens is 1. The molecule has 21 heavy (non-hydrogen) atoms. The van der Waals surface area contributed by atoms with Crippen molar-refractivity contribution in [3.63, 3.8) is 0 Å². The smallest absolute Gasteiger partial charge is 0.416 e. The zero-order valence-electron chi connectivity index (χ0n) is 11.3. The summed E-state index contributed by atoms with van der Waals surface area (Å²) in [6.07, 6.45) is -1.82. The second kappa shape index (κ2) is 5.18. The third-order valence-electron chi connectivity index (χ3n) is 3.63. The highest BCUT2D eigenvalue weighted by atomic mass is 19.4. The van der Waals surface area contributed by atoms with E-state index in [1.54, 1.807) is 6.07 Å². The number of oxazole rings is 1. The molecule has 3 nitrogen and oxygen atoms in total. The molecule has 0 amide bonds. The second-order valence-electron chi connectivity index (χ2n) is 5.36. The molecule has 1 aliphatic rings. The van der Waals surface area contributed by atoms with Crippen LogP contribution in [0, 0.1) is 0 Å². The Hall–Kier alpha value is -1.82. The van der Waals surface area contributed by atoms with Crippen molar-refractivity contribution in [2.45, 2.75) is 37.9 Å². The Labute approximate surface area is 120 Å². The highest BCUT2D eigenvalue weighted by Crippen LogP contribution is 2.30. The fourth-order valence-corrected chi connectivity index (χ4v) is 2.57. The molecule has 1 unspecified atom stereocenters. The first-order valence-corrected chi connectivity index (χ1v) is 6.81. The number of nitrogens with zero attached hydrogens (tertiary/aromatic N) is 1. The summed E-state index contributed by atoms with van der Waals surface area (Å²) in [7, 11) is 0. The van der Waals surface area contributed by atoms with Crippen LogP contribution in [0.25, 0.3) is 0 Å². The highest BCUT2D eigenvalue weighted by Gasteiger charge is 2.30. The zero-order valence-corrected chi connectivity index (χ0v) is 11.3. The van der Waals surface area contributed by atoms with E-state index in [2.05, 4.69) is 4.98 Å². The number of alkyl halides is 3. The van der Waals surface area contributed by atoms with Gasteiger partial charge in [-0.05, 0) is 18.1 Å². The van der Waals surface area contributed by atoms with Gasteiger partial charge in [0, 0.05) is 25.3 Å². The Morgan fingerprint density at radius 3 is 2.90 bits per heavy atom. The molecule has 1 heterocycles. The molecule has 2 aromatic rings. The summed E-state index contributed by atoms with van der Waals surface area (Å²) >= 11 is 0. The van der Waals surface area contributed by atoms with E-state index >= 15 is 0 Å². The number of rotatable bonds is 2. The van der Waals surface area contributed by atoms with Gasteiger partial charge in [0.05, 0.1) is 11.3 Å². The molecular weight excluding hydrogens is 281 g/mol. The molecule has 0 spiro atoms. The van der Waals surface area contributed by atoms with E-state index in [0.29, 0.717) is 17.9 Å². The minimum Gasteiger partial charge on any atom is -0.445 e. The van der Waals surface area contributed by atoms with Gasteiger partial charge in [-0.2, -0.15) is 13.2 Å². The summed E-state index contributed by atoms with van der Waals surface area (Å²) in [6.45, 7) is 0. The van der Waals surface area contributed by atoms with Crippen LogP contribution in [0.3, 0.4) is 0 Å². The Morgan fingerprint density at radius 1 is 1.33 bits per heavy atom. The maximum atomic E-state index is 12.7. The number of fused-ring (bicyclic) bond motifs is 1. The summed E-state index contributed by atoms with van der Waals surface area (Å²) in [4.78, 5) is 4.36. The van der Waals surface area contributed by atoms with Crippen LogP contribution in [-0.2, 0) is 25.4 Å². The lowest BCUT2D eigenvalue weighted by molar-refractivity contribution is -0.137. The van der Waals surface area contributed by atoms with Gasteiger partial charge < -0.3 is 10.2 Å². The normalized spacial score (nSPS) is 18.6. The van der Waals surface area contributed by atoms with E-state index in [9.17, 15) is 13.2 Å². The van der Waals surface area contributed by atoms with E-state index in [1.165, 1.54) is 6.07 Å². The third kappa shape index (κ3) is 3.10. The molecule has 1 aliphatic carbocycles. The lowest BCUT2D eigenvalue weighted by atomic mass is 9.98. The topological polar surface area (TPSA) is 52.0 Å². The van der Waals surface area contributed by atoms with Crippen molar-refractivity contribution in [2.24, 2.45) is 5.73 Å². The van der Waals surface area contributed by atoms with E-state index < -0.39 is 11.7 Å². The van der Waals surface area contributed by atoms with Gasteiger partial charge >= 0.3 is 6.18 Å². The first-order chi connectivity index (χ1) is 9.91. The third-order valence-corrected chi connectivity index (χ3v) is 3.63. The fourth-order valence-electron chi connectivity index (χ4n) is 2.57. The van der Waals surface area contributed by atoms with Crippen LogP contribution >= 0.6 is 0 Å². The summed E-state index contributed by atoms with van der Waals surface area (Å²) in [5, 5.41) is 0. The van der Waals surface area contributed by atoms with Crippen molar-refractivity contribution in [3.8, 4) is 0 Å². The molecular formula is C15H15F3N2O. The van der Waals surface area contributed by atoms with Crippen molar-refractivity contribution < 1.29 is 17.6 Å². The molecule has 0 aliphatic heterocycles. The molecule has 3 rings (SSSR count). The molecule has 0 saturated carbocycles. The number of hydrogen-bond acceptors (Lipinski definition) is 3. The van der Waals surface area contributed by atoms with Gasteiger partial charge in [0.2, 0.25) is 0 Å². The first-order valence-electron chi connectivity index (χ1n) is 6.81. The second-order valence-corrected chi connectivity index (χ2v) is 5.36. The van der Waals surface area contributed by atoms with E-state index in [4.69, 9.17) is 10.2 Å². The molecule has 0 radical (unpaired) electrons. The quantitative estimate of drug-likeness (QED) is 0.926. The van der Waals surface area contributed by atoms with E-state index in [-0.39, 0.29) is 12.5 Å². The molecule has 0 bridgehead atoms. The molecule has 0 saturated heterocycles. The van der Waals surface area contributed by atoms with Gasteiger partial charge in [-0.1, -0.05) is 18.2 Å². The average molecular weight is 296 g/mol. The lowest BCUT2D eigenvalue weighted by Crippen LogP contribution is -2.27. The number of hydrogen-bond donors (Lipinski definition) is 1. The van der Waals surface area contributed by atoms with Crippen LogP contribution < -0.4 is 5.73 Å². The van der Waals surface area contributed by atoms with Gasteiger partial charge in [0.25, 0.3) is 0 Å². The molecule has 1 aromatic heterocycles. The predicted molar refractivity (Wildman–Crippen MR) is 70.8 cm³/mol. The maximum Gasteiger partial charge on any atom is 0.416 e. The number of benzene rings is 1. The van der Waals surface area contributed by atoms with Gasteiger partial charge in [0.15, 0.2) is 5.89 Å². The molecule has 1 atom stereocenters. The molecule has 0 fully saturated rings. The minimum absolute atomic E-state index is 0.0870. The molecule has 6 heteroatoms. The Balaban J connectivity index is 1.81. The fraction of sp³-hybridized carbons (Fsp3) is 0.400. The molecule has 1 aromatic carbocycles. The standard InChI is InChI=1S/C15H15F3N2O/c16-15(17,18)10-3-1-2-9(6-10)7-14-20-12-8-11(19)4-5-13(12)21-14/h1-3,6,11H,4-5,7-8,19H2. The first kappa shape index (κ1) is 14.1. The Bertz CT molecular complexity index is 649. The van der Waals surface area contributed by atoms with Crippen LogP contribution in [0.5, 0.6) is 0 Å². The molecule has 2 N–H and O–H groups in total. The Morgan fingerprint density at radius 2 is 2.14 bits per heavy atom. The number of aryl methyl sites for hydroxylation is 1. The van der Waals surface area contributed by atoms with Crippen LogP contribution in [0.2, 0.25) is 0 Å². The summed E-state index contributed by atoms with van der Waals surface area (Å²) < 4.78 is 43.7. The molecule has 112 valence electrons. The van der Waals surface area contributed by atoms with Crippen molar-refractivity contribution in [1.29, 1.82) is 0 Å². The zero-order chi connectivity index (χ0) is 15.0. The largest absolute Gasteiger partial charge is 0.445 e. The van der Waals surface area contributed by atoms with Gasteiger partial charge in [-0.3, -0.25) is 0 Å². The van der Waals surface area contributed by atoms with Crippen LogP contribution in [0.4, 0.5) is 13.2 Å². The highest BCUT2D eigenvalue weighted by molar-refractivity contribution is 5.28. The van der Waals surface area contributed by atoms with Crippen molar-refractivity contribution in [3.05, 3.63) is 52.7 Å². The lowest BCUT2D eigenvalue weighted by Gasteiger charge is -2.14. The van der Waals surface area contributed by atoms with Gasteiger partial charge in [0.1, 0.15) is 5.76 Å². The van der Waals surface area contributed by atoms with Crippen molar-refractivity contribution in [2.75, 3.05) is 0 Å². The van der Waals surface area contributed by atoms with Crippen LogP contribution in [0.1, 0.15) is 34.9 Å². The van der Waals surface area contributed by atoms with E-state index in [1.807, 2.05) is 0 Å². The minimum atomic E-state index is -4.33. The maximum absolute atomic E-state index is 12.7. The summed E-state index contributed by atoms with van der Waals surface area (Å²) in [5.74, 6) is 1.27. The average Bonchev–Trinajstić information content (AvgIpc) is 2.79. The van der Waals surface area contributed by atoms with E-state index in [0.717, 1.165) is 36.4 Å². The number of halogens is 3. The predicted octanol–water partition coefficient (Wildman–Crippen LogP) is 3.10. The summed E-state index contributed by atoms with van der Waals surface area (Å²) in [6, 6.07) is 5.32. The van der Waals surface area contributed by atoms with Crippen molar-refractivity contribution in [1.82, 2.24) is 4.98 Å². The van der Waals surface area contributed by atoms with Crippen LogP contribution in [0.15, 0.2) is 28.7 Å². The number of nitrogens with two attached hydrogens (primary N) is 1.